The summed E-state index contributed by atoms with van der Waals surface area (Å²) in [6.45, 7) is 4.79. The van der Waals surface area contributed by atoms with Gasteiger partial charge in [0, 0.05) is 10.4 Å². The van der Waals surface area contributed by atoms with Crippen molar-refractivity contribution in [2.24, 2.45) is 28.6 Å². The number of allylic oxidation sites excluding steroid dienone is 1. The Hall–Kier alpha value is -1.09. The smallest absolute Gasteiger partial charge is 0.0809 e. The van der Waals surface area contributed by atoms with Crippen LogP contribution in [0.4, 0.5) is 0 Å². The molecular formula is C26H33ClO2. The normalized spacial score (nSPS) is 45.3. The Balaban J connectivity index is 1.46. The van der Waals surface area contributed by atoms with Gasteiger partial charge in [0.25, 0.3) is 0 Å². The first-order chi connectivity index (χ1) is 13.8. The number of hydrogen-bond donors (Lipinski definition) is 2. The molecule has 0 aliphatic heterocycles. The maximum absolute atomic E-state index is 11.3. The molecule has 3 fully saturated rings. The molecular weight excluding hydrogens is 380 g/mol. The highest BCUT2D eigenvalue weighted by atomic mass is 35.5. The maximum Gasteiger partial charge on any atom is 0.0809 e. The fourth-order valence-electron chi connectivity index (χ4n) is 7.41. The SMILES string of the molecule is C[C@]12CC[C@@H]3[C@H](CC=C4C[C@H](O)CC[C@@]43C)[C@@H]1C/C(=C\c1ccc(Cl)cc1)[C@@H]2O. The highest BCUT2D eigenvalue weighted by Gasteiger charge is 2.59. The summed E-state index contributed by atoms with van der Waals surface area (Å²) >= 11 is 6.04. The summed E-state index contributed by atoms with van der Waals surface area (Å²) in [4.78, 5) is 0. The molecule has 29 heavy (non-hydrogen) atoms. The number of halogens is 1. The van der Waals surface area contributed by atoms with Gasteiger partial charge in [0.1, 0.15) is 0 Å². The fraction of sp³-hybridized carbons (Fsp3) is 0.615. The molecule has 7 atom stereocenters. The van der Waals surface area contributed by atoms with Crippen molar-refractivity contribution in [2.75, 3.05) is 0 Å². The third kappa shape index (κ3) is 3.06. The Labute approximate surface area is 179 Å². The molecule has 156 valence electrons. The van der Waals surface area contributed by atoms with E-state index in [1.165, 1.54) is 17.6 Å². The first-order valence-electron chi connectivity index (χ1n) is 11.3. The van der Waals surface area contributed by atoms with Crippen LogP contribution >= 0.6 is 11.6 Å². The molecule has 3 heteroatoms. The Kier molecular flexibility index (Phi) is 4.77. The van der Waals surface area contributed by atoms with E-state index in [4.69, 9.17) is 11.6 Å². The van der Waals surface area contributed by atoms with Gasteiger partial charge in [-0.25, -0.2) is 0 Å². The summed E-state index contributed by atoms with van der Waals surface area (Å²) in [7, 11) is 0. The van der Waals surface area contributed by atoms with Gasteiger partial charge in [-0.05, 0) is 91.4 Å². The van der Waals surface area contributed by atoms with Crippen LogP contribution in [0.5, 0.6) is 0 Å². The average molecular weight is 413 g/mol. The molecule has 0 amide bonds. The molecule has 0 aromatic heterocycles. The number of aliphatic hydroxyl groups is 2. The van der Waals surface area contributed by atoms with Gasteiger partial charge in [-0.1, -0.05) is 55.3 Å². The second-order valence-electron chi connectivity index (χ2n) is 10.6. The summed E-state index contributed by atoms with van der Waals surface area (Å²) < 4.78 is 0. The van der Waals surface area contributed by atoms with E-state index in [-0.39, 0.29) is 23.0 Å². The van der Waals surface area contributed by atoms with Gasteiger partial charge in [-0.15, -0.1) is 0 Å². The van der Waals surface area contributed by atoms with Crippen molar-refractivity contribution in [3.63, 3.8) is 0 Å². The van der Waals surface area contributed by atoms with Crippen molar-refractivity contribution in [2.45, 2.75) is 71.0 Å². The van der Waals surface area contributed by atoms with Crippen LogP contribution in [-0.4, -0.2) is 22.4 Å². The van der Waals surface area contributed by atoms with Crippen LogP contribution in [0.2, 0.25) is 5.02 Å². The lowest BCUT2D eigenvalue weighted by Crippen LogP contribution is -2.51. The predicted molar refractivity (Wildman–Crippen MR) is 119 cm³/mol. The third-order valence-corrected chi connectivity index (χ3v) is 9.42. The zero-order valence-corrected chi connectivity index (χ0v) is 18.3. The lowest BCUT2D eigenvalue weighted by molar-refractivity contribution is -0.0685. The van der Waals surface area contributed by atoms with Gasteiger partial charge in [0.05, 0.1) is 12.2 Å². The molecule has 0 unspecified atom stereocenters. The lowest BCUT2D eigenvalue weighted by atomic mass is 9.48. The molecule has 2 nitrogen and oxygen atoms in total. The largest absolute Gasteiger partial charge is 0.393 e. The lowest BCUT2D eigenvalue weighted by Gasteiger charge is -2.57. The van der Waals surface area contributed by atoms with E-state index in [1.807, 2.05) is 24.3 Å². The van der Waals surface area contributed by atoms with E-state index < -0.39 is 0 Å². The van der Waals surface area contributed by atoms with Crippen LogP contribution in [0.25, 0.3) is 6.08 Å². The molecule has 0 radical (unpaired) electrons. The summed E-state index contributed by atoms with van der Waals surface area (Å²) in [5.41, 5.74) is 4.06. The first kappa shape index (κ1) is 19.8. The Morgan fingerprint density at radius 2 is 1.76 bits per heavy atom. The summed E-state index contributed by atoms with van der Waals surface area (Å²) in [5, 5.41) is 22.3. The molecule has 0 spiro atoms. The minimum atomic E-state index is -0.351. The van der Waals surface area contributed by atoms with E-state index in [0.29, 0.717) is 17.8 Å². The quantitative estimate of drug-likeness (QED) is 0.554. The van der Waals surface area contributed by atoms with Gasteiger partial charge in [-0.3, -0.25) is 0 Å². The Morgan fingerprint density at radius 3 is 2.52 bits per heavy atom. The van der Waals surface area contributed by atoms with Crippen molar-refractivity contribution in [1.29, 1.82) is 0 Å². The zero-order chi connectivity index (χ0) is 20.4. The fourth-order valence-corrected chi connectivity index (χ4v) is 7.54. The minimum Gasteiger partial charge on any atom is -0.393 e. The average Bonchev–Trinajstić information content (AvgIpc) is 2.95. The molecule has 0 saturated heterocycles. The second-order valence-corrected chi connectivity index (χ2v) is 11.0. The molecule has 2 N–H and O–H groups in total. The number of aliphatic hydroxyl groups excluding tert-OH is 2. The van der Waals surface area contributed by atoms with Crippen LogP contribution in [0.1, 0.15) is 64.4 Å². The molecule has 1 aromatic carbocycles. The van der Waals surface area contributed by atoms with E-state index in [1.54, 1.807) is 0 Å². The molecule has 1 aromatic rings. The van der Waals surface area contributed by atoms with E-state index in [2.05, 4.69) is 26.0 Å². The van der Waals surface area contributed by atoms with Crippen LogP contribution in [0.15, 0.2) is 41.5 Å². The van der Waals surface area contributed by atoms with Crippen molar-refractivity contribution in [1.82, 2.24) is 0 Å². The molecule has 0 bridgehead atoms. The first-order valence-corrected chi connectivity index (χ1v) is 11.7. The van der Waals surface area contributed by atoms with Gasteiger partial charge >= 0.3 is 0 Å². The minimum absolute atomic E-state index is 0.0185. The number of rotatable bonds is 1. The second kappa shape index (κ2) is 6.97. The Bertz CT molecular complexity index is 856. The molecule has 4 aliphatic rings. The van der Waals surface area contributed by atoms with E-state index in [9.17, 15) is 10.2 Å². The molecule has 0 heterocycles. The molecule has 3 saturated carbocycles. The predicted octanol–water partition coefficient (Wildman–Crippen LogP) is 6.02. The van der Waals surface area contributed by atoms with Gasteiger partial charge < -0.3 is 10.2 Å². The maximum atomic E-state index is 11.3. The Morgan fingerprint density at radius 1 is 1.00 bits per heavy atom. The number of hydrogen-bond acceptors (Lipinski definition) is 2. The zero-order valence-electron chi connectivity index (χ0n) is 17.6. The van der Waals surface area contributed by atoms with E-state index >= 15 is 0 Å². The number of fused-ring (bicyclic) bond motifs is 5. The van der Waals surface area contributed by atoms with Crippen LogP contribution in [0.3, 0.4) is 0 Å². The van der Waals surface area contributed by atoms with E-state index in [0.717, 1.165) is 49.1 Å². The highest BCUT2D eigenvalue weighted by Crippen LogP contribution is 2.65. The van der Waals surface area contributed by atoms with Gasteiger partial charge in [-0.2, -0.15) is 0 Å². The topological polar surface area (TPSA) is 40.5 Å². The van der Waals surface area contributed by atoms with Gasteiger partial charge in [0.2, 0.25) is 0 Å². The van der Waals surface area contributed by atoms with Crippen LogP contribution < -0.4 is 0 Å². The van der Waals surface area contributed by atoms with Crippen LogP contribution in [-0.2, 0) is 0 Å². The standard InChI is InChI=1S/C26H33ClO2/c1-25-11-9-20(28)15-18(25)5-8-21-22(25)10-12-26(2)23(21)14-17(24(26)29)13-16-3-6-19(27)7-4-16/h3-7,13,20-24,28-29H,8-12,14-15H2,1-2H3/b17-13+/t20-,21+,22-,23+,24+,25+,26+/m1/s1. The third-order valence-electron chi connectivity index (χ3n) is 9.17. The highest BCUT2D eigenvalue weighted by molar-refractivity contribution is 6.30. The van der Waals surface area contributed by atoms with Crippen molar-refractivity contribution < 1.29 is 10.2 Å². The van der Waals surface area contributed by atoms with Crippen molar-refractivity contribution in [3.8, 4) is 0 Å². The van der Waals surface area contributed by atoms with Crippen molar-refractivity contribution in [3.05, 3.63) is 52.1 Å². The van der Waals surface area contributed by atoms with Crippen molar-refractivity contribution >= 4 is 17.7 Å². The summed E-state index contributed by atoms with van der Waals surface area (Å²) in [6, 6.07) is 7.93. The monoisotopic (exact) mass is 412 g/mol. The van der Waals surface area contributed by atoms with Crippen LogP contribution in [0, 0.1) is 28.6 Å². The summed E-state index contributed by atoms with van der Waals surface area (Å²) in [5.74, 6) is 1.87. The summed E-state index contributed by atoms with van der Waals surface area (Å²) in [6.07, 6.45) is 11.5. The molecule has 5 rings (SSSR count). The van der Waals surface area contributed by atoms with Gasteiger partial charge in [0.15, 0.2) is 0 Å². The number of benzene rings is 1. The molecule has 4 aliphatic carbocycles.